The summed E-state index contributed by atoms with van der Waals surface area (Å²) in [7, 11) is 0. The summed E-state index contributed by atoms with van der Waals surface area (Å²) in [4.78, 5) is 0. The van der Waals surface area contributed by atoms with E-state index >= 15 is 0 Å². The van der Waals surface area contributed by atoms with Gasteiger partial charge in [-0.25, -0.2) is 0 Å². The second-order valence-corrected chi connectivity index (χ2v) is 10.0. The van der Waals surface area contributed by atoms with Gasteiger partial charge in [-0.2, -0.15) is 0 Å². The van der Waals surface area contributed by atoms with E-state index in [4.69, 9.17) is 0 Å². The molecule has 2 spiro atoms. The average molecular weight is 339 g/mol. The normalized spacial score (nSPS) is 25.0. The maximum absolute atomic E-state index is 3.42. The van der Waals surface area contributed by atoms with E-state index in [2.05, 4.69) is 52.2 Å². The monoisotopic (exact) mass is 338 g/mol. The minimum atomic E-state index is 0.806. The van der Waals surface area contributed by atoms with Crippen molar-refractivity contribution in [2.24, 2.45) is 22.7 Å². The molecule has 144 valence electrons. The van der Waals surface area contributed by atoms with Crippen molar-refractivity contribution in [3.8, 4) is 0 Å². The van der Waals surface area contributed by atoms with Crippen molar-refractivity contribution >= 4 is 0 Å². The van der Waals surface area contributed by atoms with Crippen LogP contribution in [0.2, 0.25) is 0 Å². The molecule has 0 aromatic rings. The SMILES string of the molecule is C1CC2(C1)CCNC2.C1CC2(C1)CCNC2.CC(C)C.CC(C)C. The van der Waals surface area contributed by atoms with Crippen LogP contribution in [0.4, 0.5) is 0 Å². The third kappa shape index (κ3) is 8.34. The fraction of sp³-hybridized carbons (Fsp3) is 1.00. The first-order chi connectivity index (χ1) is 11.3. The second-order valence-electron chi connectivity index (χ2n) is 10.0. The summed E-state index contributed by atoms with van der Waals surface area (Å²) < 4.78 is 0. The molecule has 2 nitrogen and oxygen atoms in total. The van der Waals surface area contributed by atoms with E-state index in [1.54, 1.807) is 0 Å². The first-order valence-electron chi connectivity index (χ1n) is 10.7. The van der Waals surface area contributed by atoms with Crippen LogP contribution in [0.1, 0.15) is 92.9 Å². The summed E-state index contributed by atoms with van der Waals surface area (Å²) in [6.45, 7) is 18.2. The zero-order valence-corrected chi connectivity index (χ0v) is 17.6. The highest BCUT2D eigenvalue weighted by molar-refractivity contribution is 4.94. The van der Waals surface area contributed by atoms with Gasteiger partial charge in [0, 0.05) is 13.1 Å². The molecule has 4 rings (SSSR count). The quantitative estimate of drug-likeness (QED) is 0.598. The highest BCUT2D eigenvalue weighted by Gasteiger charge is 2.39. The van der Waals surface area contributed by atoms with Crippen molar-refractivity contribution in [1.29, 1.82) is 0 Å². The van der Waals surface area contributed by atoms with Gasteiger partial charge in [-0.15, -0.1) is 0 Å². The Morgan fingerprint density at radius 1 is 0.542 bits per heavy atom. The fourth-order valence-electron chi connectivity index (χ4n) is 3.80. The average Bonchev–Trinajstić information content (AvgIpc) is 3.07. The summed E-state index contributed by atoms with van der Waals surface area (Å²) in [6, 6.07) is 0. The highest BCUT2D eigenvalue weighted by Crippen LogP contribution is 2.45. The second kappa shape index (κ2) is 10.8. The third-order valence-electron chi connectivity index (χ3n) is 5.49. The fourth-order valence-corrected chi connectivity index (χ4v) is 3.80. The van der Waals surface area contributed by atoms with Crippen LogP contribution in [0.15, 0.2) is 0 Å². The van der Waals surface area contributed by atoms with Crippen molar-refractivity contribution in [2.75, 3.05) is 26.2 Å². The van der Waals surface area contributed by atoms with Crippen LogP contribution in [0.5, 0.6) is 0 Å². The maximum atomic E-state index is 3.42. The molecule has 4 fully saturated rings. The molecular weight excluding hydrogens is 292 g/mol. The topological polar surface area (TPSA) is 24.1 Å². The molecule has 0 aromatic heterocycles. The Labute approximate surface area is 152 Å². The zero-order valence-electron chi connectivity index (χ0n) is 17.6. The van der Waals surface area contributed by atoms with Gasteiger partial charge in [-0.05, 0) is 74.3 Å². The van der Waals surface area contributed by atoms with Crippen molar-refractivity contribution in [1.82, 2.24) is 10.6 Å². The van der Waals surface area contributed by atoms with E-state index < -0.39 is 0 Å². The lowest BCUT2D eigenvalue weighted by Gasteiger charge is -2.37. The van der Waals surface area contributed by atoms with E-state index in [9.17, 15) is 0 Å². The van der Waals surface area contributed by atoms with Crippen LogP contribution in [0, 0.1) is 22.7 Å². The maximum Gasteiger partial charge on any atom is 0.000829 e. The molecular formula is C22H46N2. The molecule has 2 saturated heterocycles. The van der Waals surface area contributed by atoms with Gasteiger partial charge in [0.1, 0.15) is 0 Å². The molecule has 0 unspecified atom stereocenters. The van der Waals surface area contributed by atoms with Crippen LogP contribution in [-0.4, -0.2) is 26.2 Å². The molecule has 4 aliphatic rings. The standard InChI is InChI=1S/2C7H13N.2C4H10/c2*1-2-7(3-1)4-5-8-6-7;2*1-4(2)3/h2*8H,1-6H2;2*4H,1-3H3. The molecule has 0 amide bonds. The van der Waals surface area contributed by atoms with E-state index in [0.717, 1.165) is 22.7 Å². The molecule has 2 heteroatoms. The molecule has 2 heterocycles. The van der Waals surface area contributed by atoms with E-state index in [1.165, 1.54) is 77.5 Å². The van der Waals surface area contributed by atoms with Crippen LogP contribution >= 0.6 is 0 Å². The van der Waals surface area contributed by atoms with Crippen LogP contribution in [-0.2, 0) is 0 Å². The van der Waals surface area contributed by atoms with Crippen molar-refractivity contribution in [3.63, 3.8) is 0 Å². The van der Waals surface area contributed by atoms with Gasteiger partial charge in [-0.3, -0.25) is 0 Å². The molecule has 0 bridgehead atoms. The lowest BCUT2D eigenvalue weighted by Crippen LogP contribution is -2.31. The highest BCUT2D eigenvalue weighted by atomic mass is 14.9. The Balaban J connectivity index is 0.000000171. The van der Waals surface area contributed by atoms with Crippen LogP contribution in [0.25, 0.3) is 0 Å². The summed E-state index contributed by atoms with van der Waals surface area (Å²) in [5, 5.41) is 6.83. The molecule has 0 atom stereocenters. The third-order valence-corrected chi connectivity index (χ3v) is 5.49. The van der Waals surface area contributed by atoms with Gasteiger partial charge in [0.05, 0.1) is 0 Å². The Morgan fingerprint density at radius 2 is 0.833 bits per heavy atom. The van der Waals surface area contributed by atoms with E-state index in [-0.39, 0.29) is 0 Å². The van der Waals surface area contributed by atoms with Crippen LogP contribution < -0.4 is 10.6 Å². The predicted octanol–water partition coefficient (Wildman–Crippen LogP) is 5.62. The van der Waals surface area contributed by atoms with Gasteiger partial charge in [0.25, 0.3) is 0 Å². The molecule has 0 radical (unpaired) electrons. The zero-order chi connectivity index (χ0) is 18.1. The lowest BCUT2D eigenvalue weighted by atomic mass is 9.68. The van der Waals surface area contributed by atoms with Gasteiger partial charge in [0.2, 0.25) is 0 Å². The molecule has 24 heavy (non-hydrogen) atoms. The van der Waals surface area contributed by atoms with E-state index in [1.807, 2.05) is 0 Å². The first-order valence-corrected chi connectivity index (χ1v) is 10.7. The van der Waals surface area contributed by atoms with Crippen molar-refractivity contribution in [2.45, 2.75) is 92.9 Å². The summed E-state index contributed by atoms with van der Waals surface area (Å²) >= 11 is 0. The van der Waals surface area contributed by atoms with Crippen molar-refractivity contribution in [3.05, 3.63) is 0 Å². The van der Waals surface area contributed by atoms with Gasteiger partial charge < -0.3 is 10.6 Å². The number of hydrogen-bond donors (Lipinski definition) is 2. The molecule has 0 aromatic carbocycles. The molecule has 2 saturated carbocycles. The largest absolute Gasteiger partial charge is 0.316 e. The summed E-state index contributed by atoms with van der Waals surface area (Å²) in [5.74, 6) is 1.67. The summed E-state index contributed by atoms with van der Waals surface area (Å²) in [6.07, 6.45) is 11.9. The predicted molar refractivity (Wildman–Crippen MR) is 109 cm³/mol. The first kappa shape index (κ1) is 22.0. The lowest BCUT2D eigenvalue weighted by molar-refractivity contribution is 0.162. The van der Waals surface area contributed by atoms with Gasteiger partial charge in [0.15, 0.2) is 0 Å². The number of hydrogen-bond acceptors (Lipinski definition) is 2. The number of rotatable bonds is 0. The van der Waals surface area contributed by atoms with Crippen molar-refractivity contribution < 1.29 is 0 Å². The molecule has 2 aliphatic heterocycles. The molecule has 2 N–H and O–H groups in total. The number of nitrogens with one attached hydrogen (secondary N) is 2. The smallest absolute Gasteiger partial charge is 0.000829 e. The Bertz CT molecular complexity index is 260. The van der Waals surface area contributed by atoms with Gasteiger partial charge >= 0.3 is 0 Å². The Hall–Kier alpha value is -0.0800. The summed E-state index contributed by atoms with van der Waals surface area (Å²) in [5.41, 5.74) is 1.61. The van der Waals surface area contributed by atoms with Crippen LogP contribution in [0.3, 0.4) is 0 Å². The molecule has 2 aliphatic carbocycles. The minimum Gasteiger partial charge on any atom is -0.316 e. The van der Waals surface area contributed by atoms with E-state index in [0.29, 0.717) is 0 Å². The van der Waals surface area contributed by atoms with Gasteiger partial charge in [-0.1, -0.05) is 54.4 Å². The Kier molecular flexibility index (Phi) is 9.89. The minimum absolute atomic E-state index is 0.806. The Morgan fingerprint density at radius 3 is 0.917 bits per heavy atom.